The van der Waals surface area contributed by atoms with Crippen LogP contribution in [0.2, 0.25) is 0 Å². The fourth-order valence-electron chi connectivity index (χ4n) is 2.16. The van der Waals surface area contributed by atoms with Gasteiger partial charge < -0.3 is 10.6 Å². The minimum absolute atomic E-state index is 0.0118. The Hall–Kier alpha value is -1.10. The summed E-state index contributed by atoms with van der Waals surface area (Å²) in [5.74, 6) is -0.0464. The molecule has 0 radical (unpaired) electrons. The summed E-state index contributed by atoms with van der Waals surface area (Å²) in [5, 5.41) is 5.77. The zero-order valence-electron chi connectivity index (χ0n) is 13.3. The van der Waals surface area contributed by atoms with Gasteiger partial charge in [-0.1, -0.05) is 34.1 Å². The van der Waals surface area contributed by atoms with E-state index >= 15 is 0 Å². The second-order valence-electron chi connectivity index (χ2n) is 6.75. The van der Waals surface area contributed by atoms with Crippen molar-refractivity contribution in [3.63, 3.8) is 0 Å². The van der Waals surface area contributed by atoms with E-state index < -0.39 is 0 Å². The topological polar surface area (TPSA) is 61.4 Å². The first-order valence-corrected chi connectivity index (χ1v) is 7.62. The van der Waals surface area contributed by atoms with Crippen LogP contribution in [0, 0.1) is 5.41 Å². The maximum Gasteiger partial charge on any atom is 0.237 e. The van der Waals surface area contributed by atoms with E-state index in [9.17, 15) is 9.59 Å². The summed E-state index contributed by atoms with van der Waals surface area (Å²) in [5.41, 5.74) is 0.227. The summed E-state index contributed by atoms with van der Waals surface area (Å²) in [6.07, 6.45) is 3.30. The van der Waals surface area contributed by atoms with Crippen molar-refractivity contribution in [2.75, 3.05) is 19.8 Å². The normalized spacial score (nSPS) is 20.6. The summed E-state index contributed by atoms with van der Waals surface area (Å²) in [6, 6.07) is -0.317. The summed E-state index contributed by atoms with van der Waals surface area (Å²) >= 11 is 0. The molecule has 20 heavy (non-hydrogen) atoms. The van der Waals surface area contributed by atoms with Crippen LogP contribution >= 0.6 is 0 Å². The lowest BCUT2D eigenvalue weighted by Crippen LogP contribution is -2.57. The maximum absolute atomic E-state index is 12.2. The molecule has 5 nitrogen and oxygen atoms in total. The van der Waals surface area contributed by atoms with Gasteiger partial charge in [-0.05, 0) is 18.3 Å². The second kappa shape index (κ2) is 7.62. The Morgan fingerprint density at radius 2 is 2.15 bits per heavy atom. The quantitative estimate of drug-likeness (QED) is 0.726. The van der Waals surface area contributed by atoms with Crippen molar-refractivity contribution in [2.45, 2.75) is 59.4 Å². The van der Waals surface area contributed by atoms with E-state index in [1.807, 2.05) is 0 Å². The Morgan fingerprint density at radius 1 is 1.45 bits per heavy atom. The summed E-state index contributed by atoms with van der Waals surface area (Å²) < 4.78 is 0. The molecule has 1 aliphatic heterocycles. The number of rotatable bonds is 6. The highest BCUT2D eigenvalue weighted by molar-refractivity contribution is 5.89. The number of unbranched alkanes of at least 4 members (excludes halogenated alkanes) is 1. The molecule has 1 fully saturated rings. The second-order valence-corrected chi connectivity index (χ2v) is 6.75. The number of nitrogens with zero attached hydrogens (tertiary/aromatic N) is 1. The minimum Gasteiger partial charge on any atom is -0.355 e. The fourth-order valence-corrected chi connectivity index (χ4v) is 2.16. The monoisotopic (exact) mass is 283 g/mol. The van der Waals surface area contributed by atoms with Gasteiger partial charge in [0.2, 0.25) is 11.8 Å². The highest BCUT2D eigenvalue weighted by Gasteiger charge is 2.32. The number of hydrogen-bond acceptors (Lipinski definition) is 3. The van der Waals surface area contributed by atoms with Gasteiger partial charge in [0.25, 0.3) is 0 Å². The lowest BCUT2D eigenvalue weighted by atomic mass is 9.91. The third-order valence-electron chi connectivity index (χ3n) is 3.58. The van der Waals surface area contributed by atoms with Crippen LogP contribution in [0.1, 0.15) is 53.4 Å². The zero-order valence-corrected chi connectivity index (χ0v) is 13.3. The van der Waals surface area contributed by atoms with Crippen molar-refractivity contribution in [1.82, 2.24) is 15.5 Å². The molecule has 1 saturated heterocycles. The molecule has 0 saturated carbocycles. The van der Waals surface area contributed by atoms with E-state index in [0.717, 1.165) is 25.8 Å². The van der Waals surface area contributed by atoms with Gasteiger partial charge in [0.1, 0.15) is 0 Å². The molecule has 2 amide bonds. The maximum atomic E-state index is 12.2. The first kappa shape index (κ1) is 17.0. The van der Waals surface area contributed by atoms with E-state index in [4.69, 9.17) is 0 Å². The predicted molar refractivity (Wildman–Crippen MR) is 80.1 cm³/mol. The van der Waals surface area contributed by atoms with E-state index in [-0.39, 0.29) is 29.7 Å². The van der Waals surface area contributed by atoms with Gasteiger partial charge >= 0.3 is 0 Å². The van der Waals surface area contributed by atoms with Gasteiger partial charge in [-0.25, -0.2) is 0 Å². The number of carbonyl (C=O) groups is 2. The number of nitrogens with one attached hydrogen (secondary N) is 2. The fraction of sp³-hybridized carbons (Fsp3) is 0.867. The van der Waals surface area contributed by atoms with E-state index in [1.54, 1.807) is 0 Å². The highest BCUT2D eigenvalue weighted by Crippen LogP contribution is 2.20. The third kappa shape index (κ3) is 5.90. The van der Waals surface area contributed by atoms with E-state index in [1.165, 1.54) is 0 Å². The lowest BCUT2D eigenvalue weighted by Gasteiger charge is -2.36. The van der Waals surface area contributed by atoms with Crippen LogP contribution in [0.3, 0.4) is 0 Å². The smallest absolute Gasteiger partial charge is 0.237 e. The zero-order chi connectivity index (χ0) is 15.2. The SMILES string of the molecule is CCCCNC(=O)C1CC(=O)NCN1CCC(C)(C)C. The van der Waals surface area contributed by atoms with Crippen LogP contribution < -0.4 is 10.6 Å². The Bertz CT molecular complexity index is 337. The van der Waals surface area contributed by atoms with Gasteiger partial charge in [-0.3, -0.25) is 14.5 Å². The lowest BCUT2D eigenvalue weighted by molar-refractivity contribution is -0.136. The van der Waals surface area contributed by atoms with Crippen LogP contribution in [-0.4, -0.2) is 42.5 Å². The Morgan fingerprint density at radius 3 is 2.75 bits per heavy atom. The van der Waals surface area contributed by atoms with Crippen molar-refractivity contribution in [1.29, 1.82) is 0 Å². The first-order valence-electron chi connectivity index (χ1n) is 7.62. The molecule has 0 aliphatic carbocycles. The number of amides is 2. The molecular weight excluding hydrogens is 254 g/mol. The van der Waals surface area contributed by atoms with Crippen LogP contribution in [0.4, 0.5) is 0 Å². The molecule has 0 spiro atoms. The first-order chi connectivity index (χ1) is 9.33. The largest absolute Gasteiger partial charge is 0.355 e. The van der Waals surface area contributed by atoms with Gasteiger partial charge in [0.05, 0.1) is 19.1 Å². The molecule has 1 unspecified atom stereocenters. The molecule has 5 heteroatoms. The molecule has 1 rings (SSSR count). The van der Waals surface area contributed by atoms with Crippen molar-refractivity contribution in [3.8, 4) is 0 Å². The summed E-state index contributed by atoms with van der Waals surface area (Å²) in [7, 11) is 0. The summed E-state index contributed by atoms with van der Waals surface area (Å²) in [6.45, 7) is 10.6. The predicted octanol–water partition coefficient (Wildman–Crippen LogP) is 1.49. The van der Waals surface area contributed by atoms with Crippen molar-refractivity contribution < 1.29 is 9.59 Å². The molecular formula is C15H29N3O2. The van der Waals surface area contributed by atoms with Crippen LogP contribution in [0.15, 0.2) is 0 Å². The van der Waals surface area contributed by atoms with Gasteiger partial charge in [0, 0.05) is 13.1 Å². The van der Waals surface area contributed by atoms with Gasteiger partial charge in [0.15, 0.2) is 0 Å². The van der Waals surface area contributed by atoms with Crippen molar-refractivity contribution in [2.24, 2.45) is 5.41 Å². The number of hydrogen-bond donors (Lipinski definition) is 2. The molecule has 0 bridgehead atoms. The molecule has 1 aliphatic rings. The van der Waals surface area contributed by atoms with Gasteiger partial charge in [-0.15, -0.1) is 0 Å². The molecule has 1 atom stereocenters. The van der Waals surface area contributed by atoms with Crippen LogP contribution in [0.5, 0.6) is 0 Å². The third-order valence-corrected chi connectivity index (χ3v) is 3.58. The van der Waals surface area contributed by atoms with Gasteiger partial charge in [-0.2, -0.15) is 0 Å². The average Bonchev–Trinajstić information content (AvgIpc) is 2.36. The highest BCUT2D eigenvalue weighted by atomic mass is 16.2. The van der Waals surface area contributed by atoms with Crippen molar-refractivity contribution >= 4 is 11.8 Å². The van der Waals surface area contributed by atoms with E-state index in [0.29, 0.717) is 13.2 Å². The van der Waals surface area contributed by atoms with E-state index in [2.05, 4.69) is 43.2 Å². The molecule has 0 aromatic carbocycles. The number of carbonyl (C=O) groups excluding carboxylic acids is 2. The summed E-state index contributed by atoms with van der Waals surface area (Å²) in [4.78, 5) is 25.8. The standard InChI is InChI=1S/C15H29N3O2/c1-5-6-8-16-14(20)12-10-13(19)17-11-18(12)9-7-15(2,3)4/h12H,5-11H2,1-4H3,(H,16,20)(H,17,19). The average molecular weight is 283 g/mol. The Kier molecular flexibility index (Phi) is 6.46. The Labute approximate surface area is 122 Å². The molecule has 116 valence electrons. The van der Waals surface area contributed by atoms with Crippen LogP contribution in [-0.2, 0) is 9.59 Å². The van der Waals surface area contributed by atoms with Crippen LogP contribution in [0.25, 0.3) is 0 Å². The molecule has 2 N–H and O–H groups in total. The Balaban J connectivity index is 2.55. The molecule has 0 aromatic heterocycles. The van der Waals surface area contributed by atoms with Crippen molar-refractivity contribution in [3.05, 3.63) is 0 Å². The minimum atomic E-state index is -0.317. The molecule has 1 heterocycles. The molecule has 0 aromatic rings.